The van der Waals surface area contributed by atoms with Gasteiger partial charge in [0.05, 0.1) is 10.6 Å². The minimum absolute atomic E-state index is 0.494. The van der Waals surface area contributed by atoms with Gasteiger partial charge in [-0.15, -0.1) is 11.3 Å². The molecule has 1 N–H and O–H groups in total. The number of aromatic nitrogens is 1. The van der Waals surface area contributed by atoms with Crippen molar-refractivity contribution >= 4 is 29.9 Å². The third kappa shape index (κ3) is 2.91. The summed E-state index contributed by atoms with van der Waals surface area (Å²) >= 11 is 5.52. The molecule has 1 aromatic heterocycles. The highest BCUT2D eigenvalue weighted by Crippen LogP contribution is 2.39. The molecule has 3 aromatic rings. The van der Waals surface area contributed by atoms with Crippen LogP contribution in [0.1, 0.15) is 10.3 Å². The van der Waals surface area contributed by atoms with Gasteiger partial charge in [0.15, 0.2) is 5.25 Å². The van der Waals surface area contributed by atoms with Crippen molar-refractivity contribution in [1.82, 2.24) is 4.98 Å². The molecule has 5 heteroatoms. The molecule has 0 aliphatic heterocycles. The molecule has 3 rings (SSSR count). The van der Waals surface area contributed by atoms with E-state index >= 15 is 0 Å². The van der Waals surface area contributed by atoms with Gasteiger partial charge in [0, 0.05) is 5.56 Å². The molecular formula is C17H13NO2S2. The van der Waals surface area contributed by atoms with Crippen molar-refractivity contribution in [2.45, 2.75) is 5.25 Å². The van der Waals surface area contributed by atoms with E-state index in [9.17, 15) is 4.79 Å². The fraction of sp³-hybridized carbons (Fsp3) is 0.0588. The van der Waals surface area contributed by atoms with Crippen LogP contribution in [0.4, 0.5) is 0 Å². The van der Waals surface area contributed by atoms with Crippen LogP contribution >= 0.6 is 24.0 Å². The predicted octanol–water partition coefficient (Wildman–Crippen LogP) is 4.53. The summed E-state index contributed by atoms with van der Waals surface area (Å²) in [6, 6.07) is 19.6. The Hall–Kier alpha value is -2.11. The maximum absolute atomic E-state index is 11.2. The average Bonchev–Trinajstić information content (AvgIpc) is 3.01. The van der Waals surface area contributed by atoms with Gasteiger partial charge in [-0.1, -0.05) is 60.7 Å². The van der Waals surface area contributed by atoms with E-state index in [1.165, 1.54) is 11.3 Å². The molecule has 0 amide bonds. The van der Waals surface area contributed by atoms with E-state index in [0.717, 1.165) is 21.7 Å². The zero-order valence-corrected chi connectivity index (χ0v) is 13.2. The lowest BCUT2D eigenvalue weighted by Crippen LogP contribution is -2.04. The Morgan fingerprint density at radius 1 is 1.00 bits per heavy atom. The van der Waals surface area contributed by atoms with Crippen molar-refractivity contribution in [3.63, 3.8) is 0 Å². The molecule has 2 aromatic carbocycles. The van der Waals surface area contributed by atoms with Gasteiger partial charge in [-0.2, -0.15) is 12.6 Å². The van der Waals surface area contributed by atoms with Gasteiger partial charge < -0.3 is 5.11 Å². The van der Waals surface area contributed by atoms with E-state index in [-0.39, 0.29) is 0 Å². The van der Waals surface area contributed by atoms with E-state index in [4.69, 9.17) is 5.11 Å². The van der Waals surface area contributed by atoms with E-state index < -0.39 is 11.2 Å². The van der Waals surface area contributed by atoms with E-state index in [1.807, 2.05) is 60.7 Å². The SMILES string of the molecule is O=C(O)C(S)c1nc(-c2ccccc2)c(-c2ccccc2)s1. The van der Waals surface area contributed by atoms with Gasteiger partial charge in [0.25, 0.3) is 0 Å². The molecule has 3 nitrogen and oxygen atoms in total. The van der Waals surface area contributed by atoms with Crippen LogP contribution in [0, 0.1) is 0 Å². The number of carbonyl (C=O) groups is 1. The Bertz CT molecular complexity index is 728. The number of thiazole rings is 1. The minimum atomic E-state index is -0.990. The third-order valence-electron chi connectivity index (χ3n) is 3.19. The molecule has 22 heavy (non-hydrogen) atoms. The number of aliphatic carboxylic acids is 1. The Morgan fingerprint density at radius 3 is 2.09 bits per heavy atom. The Morgan fingerprint density at radius 2 is 1.55 bits per heavy atom. The second kappa shape index (κ2) is 6.34. The fourth-order valence-corrected chi connectivity index (χ4v) is 3.42. The lowest BCUT2D eigenvalue weighted by atomic mass is 10.1. The Kier molecular flexibility index (Phi) is 4.27. The number of thiol groups is 1. The zero-order valence-electron chi connectivity index (χ0n) is 11.5. The fourth-order valence-electron chi connectivity index (χ4n) is 2.14. The van der Waals surface area contributed by atoms with E-state index in [1.54, 1.807) is 0 Å². The van der Waals surface area contributed by atoms with Crippen LogP contribution in [0.15, 0.2) is 60.7 Å². The Labute approximate surface area is 137 Å². The molecular weight excluding hydrogens is 314 g/mol. The Balaban J connectivity index is 2.17. The first-order valence-corrected chi connectivity index (χ1v) is 8.02. The summed E-state index contributed by atoms with van der Waals surface area (Å²) in [6.07, 6.45) is 0. The molecule has 1 heterocycles. The number of hydrogen-bond donors (Lipinski definition) is 2. The van der Waals surface area contributed by atoms with Crippen molar-refractivity contribution in [2.75, 3.05) is 0 Å². The number of rotatable bonds is 4. The summed E-state index contributed by atoms with van der Waals surface area (Å²) < 4.78 is 0. The molecule has 1 atom stereocenters. The van der Waals surface area contributed by atoms with Crippen LogP contribution in [0.2, 0.25) is 0 Å². The molecule has 0 aliphatic carbocycles. The highest BCUT2D eigenvalue weighted by Gasteiger charge is 2.23. The molecule has 0 spiro atoms. The number of hydrogen-bond acceptors (Lipinski definition) is 4. The summed E-state index contributed by atoms with van der Waals surface area (Å²) in [5.41, 5.74) is 2.79. The predicted molar refractivity (Wildman–Crippen MR) is 92.3 cm³/mol. The van der Waals surface area contributed by atoms with Crippen molar-refractivity contribution in [2.24, 2.45) is 0 Å². The number of carboxylic acids is 1. The quantitative estimate of drug-likeness (QED) is 0.692. The molecule has 0 bridgehead atoms. The minimum Gasteiger partial charge on any atom is -0.480 e. The number of carboxylic acid groups (broad SMARTS) is 1. The lowest BCUT2D eigenvalue weighted by molar-refractivity contribution is -0.136. The largest absolute Gasteiger partial charge is 0.480 e. The molecule has 0 saturated heterocycles. The summed E-state index contributed by atoms with van der Waals surface area (Å²) in [6.45, 7) is 0. The standard InChI is InChI=1S/C17H13NO2S2/c19-17(20)14(21)16-18-13(11-7-3-1-4-8-11)15(22-16)12-9-5-2-6-10-12/h1-10,14,21H,(H,19,20). The van der Waals surface area contributed by atoms with Crippen LogP contribution in [-0.4, -0.2) is 16.1 Å². The molecule has 0 saturated carbocycles. The number of benzene rings is 2. The second-order valence-corrected chi connectivity index (χ2v) is 6.25. The number of nitrogens with zero attached hydrogens (tertiary/aromatic N) is 1. The van der Waals surface area contributed by atoms with Gasteiger partial charge in [0.1, 0.15) is 5.01 Å². The maximum Gasteiger partial charge on any atom is 0.323 e. The van der Waals surface area contributed by atoms with Gasteiger partial charge in [-0.3, -0.25) is 4.79 Å². The normalized spacial score (nSPS) is 12.0. The summed E-state index contributed by atoms with van der Waals surface area (Å²) in [4.78, 5) is 16.7. The van der Waals surface area contributed by atoms with Crippen molar-refractivity contribution in [3.05, 3.63) is 65.7 Å². The van der Waals surface area contributed by atoms with Crippen LogP contribution in [0.3, 0.4) is 0 Å². The zero-order chi connectivity index (χ0) is 15.5. The second-order valence-electron chi connectivity index (χ2n) is 4.70. The average molecular weight is 327 g/mol. The smallest absolute Gasteiger partial charge is 0.323 e. The monoisotopic (exact) mass is 327 g/mol. The van der Waals surface area contributed by atoms with Crippen LogP contribution in [-0.2, 0) is 4.79 Å². The molecule has 0 aliphatic rings. The van der Waals surface area contributed by atoms with Gasteiger partial charge in [-0.25, -0.2) is 4.98 Å². The van der Waals surface area contributed by atoms with Crippen molar-refractivity contribution < 1.29 is 9.90 Å². The van der Waals surface area contributed by atoms with Crippen molar-refractivity contribution in [3.8, 4) is 21.7 Å². The summed E-state index contributed by atoms with van der Waals surface area (Å²) in [5, 5.41) is 8.75. The van der Waals surface area contributed by atoms with Crippen LogP contribution in [0.5, 0.6) is 0 Å². The molecule has 0 radical (unpaired) electrons. The van der Waals surface area contributed by atoms with Gasteiger partial charge in [0.2, 0.25) is 0 Å². The maximum atomic E-state index is 11.2. The van der Waals surface area contributed by atoms with Gasteiger partial charge >= 0.3 is 5.97 Å². The molecule has 110 valence electrons. The van der Waals surface area contributed by atoms with E-state index in [2.05, 4.69) is 17.6 Å². The summed E-state index contributed by atoms with van der Waals surface area (Å²) in [7, 11) is 0. The summed E-state index contributed by atoms with van der Waals surface area (Å²) in [5.74, 6) is -0.990. The van der Waals surface area contributed by atoms with Crippen LogP contribution in [0.25, 0.3) is 21.7 Å². The first-order chi connectivity index (χ1) is 10.7. The molecule has 0 fully saturated rings. The van der Waals surface area contributed by atoms with Gasteiger partial charge in [-0.05, 0) is 5.56 Å². The first-order valence-electron chi connectivity index (χ1n) is 6.69. The van der Waals surface area contributed by atoms with Crippen molar-refractivity contribution in [1.29, 1.82) is 0 Å². The molecule has 1 unspecified atom stereocenters. The van der Waals surface area contributed by atoms with E-state index in [0.29, 0.717) is 5.01 Å². The lowest BCUT2D eigenvalue weighted by Gasteiger charge is -2.02. The third-order valence-corrected chi connectivity index (χ3v) is 5.00. The first kappa shape index (κ1) is 14.8. The highest BCUT2D eigenvalue weighted by atomic mass is 32.1. The van der Waals surface area contributed by atoms with Crippen LogP contribution < -0.4 is 0 Å². The highest BCUT2D eigenvalue weighted by molar-refractivity contribution is 7.81. The topological polar surface area (TPSA) is 50.2 Å².